The average molecular weight is 302 g/mol. The highest BCUT2D eigenvalue weighted by molar-refractivity contribution is 6.18. The zero-order valence-corrected chi connectivity index (χ0v) is 13.8. The van der Waals surface area contributed by atoms with Gasteiger partial charge < -0.3 is 9.64 Å². The van der Waals surface area contributed by atoms with Crippen LogP contribution in [0.3, 0.4) is 0 Å². The van der Waals surface area contributed by atoms with Crippen LogP contribution in [0.4, 0.5) is 0 Å². The first-order valence-electron chi connectivity index (χ1n) is 7.88. The molecule has 116 valence electrons. The zero-order chi connectivity index (χ0) is 14.8. The van der Waals surface area contributed by atoms with Crippen molar-refractivity contribution in [2.24, 2.45) is 17.3 Å². The van der Waals surface area contributed by atoms with Gasteiger partial charge in [-0.1, -0.05) is 20.8 Å². The number of hydrogen-bond acceptors (Lipinski definition) is 2. The molecule has 0 aromatic heterocycles. The van der Waals surface area contributed by atoms with E-state index in [1.807, 2.05) is 4.90 Å². The second kappa shape index (κ2) is 6.65. The number of nitrogens with zero attached hydrogens (tertiary/aromatic N) is 1. The number of morpholine rings is 1. The molecule has 0 aromatic carbocycles. The molecule has 1 amide bonds. The Hall–Kier alpha value is -0.280. The first kappa shape index (κ1) is 16.1. The standard InChI is InChI=1S/C16H28ClNO2/c1-16(2,3)13-6-4-12(5-7-13)15(19)18-8-9-20-14(10-17)11-18/h12-14H,4-11H2,1-3H3. The number of carbonyl (C=O) groups is 1. The van der Waals surface area contributed by atoms with Crippen molar-refractivity contribution < 1.29 is 9.53 Å². The SMILES string of the molecule is CC(C)(C)C1CCC(C(=O)N2CCOC(CCl)C2)CC1. The van der Waals surface area contributed by atoms with E-state index in [0.717, 1.165) is 25.3 Å². The Balaban J connectivity index is 1.85. The molecule has 0 bridgehead atoms. The highest BCUT2D eigenvalue weighted by atomic mass is 35.5. The lowest BCUT2D eigenvalue weighted by Crippen LogP contribution is -2.49. The van der Waals surface area contributed by atoms with Crippen LogP contribution in [0.5, 0.6) is 0 Å². The Bertz CT molecular complexity index is 332. The van der Waals surface area contributed by atoms with Crippen molar-refractivity contribution in [2.45, 2.75) is 52.6 Å². The van der Waals surface area contributed by atoms with Gasteiger partial charge in [0, 0.05) is 19.0 Å². The molecule has 0 spiro atoms. The van der Waals surface area contributed by atoms with Crippen LogP contribution in [0, 0.1) is 17.3 Å². The third kappa shape index (κ3) is 3.88. The quantitative estimate of drug-likeness (QED) is 0.732. The van der Waals surface area contributed by atoms with Gasteiger partial charge in [0.15, 0.2) is 0 Å². The van der Waals surface area contributed by atoms with Crippen molar-refractivity contribution in [3.05, 3.63) is 0 Å². The highest BCUT2D eigenvalue weighted by Gasteiger charge is 2.35. The molecule has 1 aliphatic carbocycles. The summed E-state index contributed by atoms with van der Waals surface area (Å²) >= 11 is 5.84. The lowest BCUT2D eigenvalue weighted by atomic mass is 9.69. The van der Waals surface area contributed by atoms with Crippen LogP contribution in [0.25, 0.3) is 0 Å². The molecule has 1 atom stereocenters. The average Bonchev–Trinajstić information content (AvgIpc) is 2.46. The Morgan fingerprint density at radius 1 is 1.25 bits per heavy atom. The van der Waals surface area contributed by atoms with Crippen molar-refractivity contribution in [2.75, 3.05) is 25.6 Å². The van der Waals surface area contributed by atoms with E-state index in [-0.39, 0.29) is 12.0 Å². The predicted molar refractivity (Wildman–Crippen MR) is 81.9 cm³/mol. The third-order valence-electron chi connectivity index (χ3n) is 4.92. The van der Waals surface area contributed by atoms with E-state index in [9.17, 15) is 4.79 Å². The predicted octanol–water partition coefficient (Wildman–Crippen LogP) is 3.31. The summed E-state index contributed by atoms with van der Waals surface area (Å²) in [5.41, 5.74) is 0.372. The highest BCUT2D eigenvalue weighted by Crippen LogP contribution is 2.40. The maximum absolute atomic E-state index is 12.6. The number of halogens is 1. The lowest BCUT2D eigenvalue weighted by Gasteiger charge is -2.39. The van der Waals surface area contributed by atoms with Crippen LogP contribution in [0.1, 0.15) is 46.5 Å². The van der Waals surface area contributed by atoms with Crippen molar-refractivity contribution in [3.63, 3.8) is 0 Å². The number of alkyl halides is 1. The van der Waals surface area contributed by atoms with Gasteiger partial charge in [0.2, 0.25) is 5.91 Å². The van der Waals surface area contributed by atoms with Gasteiger partial charge in [0.25, 0.3) is 0 Å². The molecule has 3 nitrogen and oxygen atoms in total. The van der Waals surface area contributed by atoms with E-state index in [0.29, 0.717) is 30.4 Å². The molecule has 1 saturated heterocycles. The molecule has 2 aliphatic rings. The van der Waals surface area contributed by atoms with Crippen molar-refractivity contribution in [1.82, 2.24) is 4.90 Å². The number of ether oxygens (including phenoxy) is 1. The van der Waals surface area contributed by atoms with Crippen LogP contribution < -0.4 is 0 Å². The maximum Gasteiger partial charge on any atom is 0.225 e. The lowest BCUT2D eigenvalue weighted by molar-refractivity contribution is -0.144. The van der Waals surface area contributed by atoms with Crippen molar-refractivity contribution in [3.8, 4) is 0 Å². The molecule has 20 heavy (non-hydrogen) atoms. The molecule has 1 unspecified atom stereocenters. The number of hydrogen-bond donors (Lipinski definition) is 0. The van der Waals surface area contributed by atoms with E-state index >= 15 is 0 Å². The summed E-state index contributed by atoms with van der Waals surface area (Å²) in [6.07, 6.45) is 4.47. The maximum atomic E-state index is 12.6. The molecule has 4 heteroatoms. The van der Waals surface area contributed by atoms with Crippen LogP contribution in [0.2, 0.25) is 0 Å². The largest absolute Gasteiger partial charge is 0.373 e. The molecule has 1 heterocycles. The van der Waals surface area contributed by atoms with Gasteiger partial charge in [-0.05, 0) is 37.0 Å². The molecular formula is C16H28ClNO2. The number of rotatable bonds is 2. The van der Waals surface area contributed by atoms with Crippen LogP contribution in [-0.2, 0) is 9.53 Å². The van der Waals surface area contributed by atoms with Crippen LogP contribution in [-0.4, -0.2) is 42.5 Å². The molecule has 0 aromatic rings. The Labute approximate surface area is 128 Å². The number of carbonyl (C=O) groups excluding carboxylic acids is 1. The van der Waals surface area contributed by atoms with E-state index in [4.69, 9.17) is 16.3 Å². The van der Waals surface area contributed by atoms with Gasteiger partial charge in [-0.2, -0.15) is 0 Å². The van der Waals surface area contributed by atoms with Gasteiger partial charge in [0.05, 0.1) is 18.6 Å². The molecule has 0 N–H and O–H groups in total. The van der Waals surface area contributed by atoms with E-state index in [1.165, 1.54) is 12.8 Å². The summed E-state index contributed by atoms with van der Waals surface area (Å²) in [5.74, 6) is 1.78. The molecule has 2 fully saturated rings. The fraction of sp³-hybridized carbons (Fsp3) is 0.938. The summed E-state index contributed by atoms with van der Waals surface area (Å²) in [7, 11) is 0. The first-order valence-corrected chi connectivity index (χ1v) is 8.41. The van der Waals surface area contributed by atoms with E-state index < -0.39 is 0 Å². The summed E-state index contributed by atoms with van der Waals surface area (Å²) in [5, 5.41) is 0. The van der Waals surface area contributed by atoms with Gasteiger partial charge in [-0.25, -0.2) is 0 Å². The first-order chi connectivity index (χ1) is 9.41. The monoisotopic (exact) mass is 301 g/mol. The fourth-order valence-corrected chi connectivity index (χ4v) is 3.66. The molecule has 1 saturated carbocycles. The minimum atomic E-state index is 0.0141. The van der Waals surface area contributed by atoms with Gasteiger partial charge in [-0.15, -0.1) is 11.6 Å². The van der Waals surface area contributed by atoms with Gasteiger partial charge >= 0.3 is 0 Å². The van der Waals surface area contributed by atoms with E-state index in [2.05, 4.69) is 20.8 Å². The molecule has 1 aliphatic heterocycles. The van der Waals surface area contributed by atoms with Gasteiger partial charge in [0.1, 0.15) is 0 Å². The second-order valence-corrected chi connectivity index (χ2v) is 7.65. The van der Waals surface area contributed by atoms with E-state index in [1.54, 1.807) is 0 Å². The summed E-state index contributed by atoms with van der Waals surface area (Å²) in [6.45, 7) is 8.96. The zero-order valence-electron chi connectivity index (χ0n) is 13.0. The topological polar surface area (TPSA) is 29.5 Å². The molecule has 0 radical (unpaired) electrons. The normalized spacial score (nSPS) is 32.2. The van der Waals surface area contributed by atoms with Crippen LogP contribution in [0.15, 0.2) is 0 Å². The summed E-state index contributed by atoms with van der Waals surface area (Å²) in [6, 6.07) is 0. The fourth-order valence-electron chi connectivity index (χ4n) is 3.48. The molecule has 2 rings (SSSR count). The summed E-state index contributed by atoms with van der Waals surface area (Å²) in [4.78, 5) is 14.6. The van der Waals surface area contributed by atoms with Crippen molar-refractivity contribution in [1.29, 1.82) is 0 Å². The minimum absolute atomic E-state index is 0.0141. The Morgan fingerprint density at radius 2 is 1.90 bits per heavy atom. The Kier molecular flexibility index (Phi) is 5.36. The minimum Gasteiger partial charge on any atom is -0.373 e. The second-order valence-electron chi connectivity index (χ2n) is 7.35. The third-order valence-corrected chi connectivity index (χ3v) is 5.27. The van der Waals surface area contributed by atoms with Crippen molar-refractivity contribution >= 4 is 17.5 Å². The molecular weight excluding hydrogens is 274 g/mol. The Morgan fingerprint density at radius 3 is 2.45 bits per heavy atom. The number of amides is 1. The van der Waals surface area contributed by atoms with Crippen LogP contribution >= 0.6 is 11.6 Å². The van der Waals surface area contributed by atoms with Gasteiger partial charge in [-0.3, -0.25) is 4.79 Å². The summed E-state index contributed by atoms with van der Waals surface area (Å²) < 4.78 is 5.53. The smallest absolute Gasteiger partial charge is 0.225 e.